The van der Waals surface area contributed by atoms with Crippen LogP contribution in [0.3, 0.4) is 0 Å². The molecule has 2 aliphatic heterocycles. The minimum absolute atomic E-state index is 0.0988. The summed E-state index contributed by atoms with van der Waals surface area (Å²) < 4.78 is 7.69. The van der Waals surface area contributed by atoms with Gasteiger partial charge in [-0.15, -0.1) is 0 Å². The van der Waals surface area contributed by atoms with Gasteiger partial charge in [-0.2, -0.15) is 0 Å². The average molecular weight is 389 g/mol. The molecule has 5 rings (SSSR count). The van der Waals surface area contributed by atoms with Gasteiger partial charge >= 0.3 is 0 Å². The molecule has 150 valence electrons. The van der Waals surface area contributed by atoms with Crippen LogP contribution in [0.15, 0.2) is 60.8 Å². The minimum Gasteiger partial charge on any atom is -0.497 e. The smallest absolute Gasteiger partial charge is 0.133 e. The van der Waals surface area contributed by atoms with E-state index in [1.807, 2.05) is 25.1 Å². The van der Waals surface area contributed by atoms with Crippen molar-refractivity contribution in [1.29, 1.82) is 0 Å². The number of hydrogen-bond acceptors (Lipinski definition) is 4. The molecule has 2 aliphatic rings. The van der Waals surface area contributed by atoms with Gasteiger partial charge < -0.3 is 19.7 Å². The fourth-order valence-electron chi connectivity index (χ4n) is 4.88. The lowest BCUT2D eigenvalue weighted by atomic mass is 9.82. The van der Waals surface area contributed by atoms with Crippen molar-refractivity contribution in [3.63, 3.8) is 0 Å². The molecule has 1 aromatic heterocycles. The van der Waals surface area contributed by atoms with Crippen molar-refractivity contribution in [2.24, 2.45) is 0 Å². The molecule has 0 amide bonds. The molecule has 5 heteroatoms. The van der Waals surface area contributed by atoms with Crippen LogP contribution in [0, 0.1) is 6.92 Å². The molecule has 3 aromatic rings. The van der Waals surface area contributed by atoms with Crippen molar-refractivity contribution in [1.82, 2.24) is 9.47 Å². The number of nitrogens with zero attached hydrogens (tertiary/aromatic N) is 2. The Balaban J connectivity index is 1.39. The SMILES string of the molecule is COc1cc(C)cc(C(O)N2CCC3(CC2)Nc2ccccc2-n2cccc23)c1. The minimum atomic E-state index is -0.621. The first-order valence-corrected chi connectivity index (χ1v) is 10.2. The zero-order chi connectivity index (χ0) is 20.0. The van der Waals surface area contributed by atoms with Gasteiger partial charge in [-0.3, -0.25) is 4.90 Å². The molecule has 5 nitrogen and oxygen atoms in total. The lowest BCUT2D eigenvalue weighted by molar-refractivity contribution is -0.0220. The van der Waals surface area contributed by atoms with Crippen molar-refractivity contribution in [2.45, 2.75) is 31.5 Å². The van der Waals surface area contributed by atoms with Gasteiger partial charge in [0.15, 0.2) is 0 Å². The van der Waals surface area contributed by atoms with E-state index < -0.39 is 6.23 Å². The van der Waals surface area contributed by atoms with E-state index in [2.05, 4.69) is 57.4 Å². The van der Waals surface area contributed by atoms with E-state index in [4.69, 9.17) is 4.74 Å². The number of aliphatic hydroxyl groups is 1. The van der Waals surface area contributed by atoms with Gasteiger partial charge in [0.2, 0.25) is 0 Å². The standard InChI is InChI=1S/C24H27N3O2/c1-17-14-18(16-19(15-17)29-2)23(28)26-12-9-24(10-13-26)22-8-5-11-27(22)21-7-4-3-6-20(21)25-24/h3-8,11,14-16,23,25,28H,9-10,12-13H2,1-2H3. The second-order valence-electron chi connectivity index (χ2n) is 8.18. The highest BCUT2D eigenvalue weighted by atomic mass is 16.5. The Morgan fingerprint density at radius 3 is 2.66 bits per heavy atom. The molecule has 2 aromatic carbocycles. The quantitative estimate of drug-likeness (QED) is 0.705. The first kappa shape index (κ1) is 18.3. The predicted octanol–water partition coefficient (Wildman–Crippen LogP) is 4.20. The molecular formula is C24H27N3O2. The van der Waals surface area contributed by atoms with Crippen molar-refractivity contribution in [2.75, 3.05) is 25.5 Å². The number of benzene rings is 2. The van der Waals surface area contributed by atoms with Crippen molar-refractivity contribution >= 4 is 5.69 Å². The molecule has 1 atom stereocenters. The number of hydrogen-bond donors (Lipinski definition) is 2. The number of methoxy groups -OCH3 is 1. The maximum atomic E-state index is 11.0. The van der Waals surface area contributed by atoms with Crippen LogP contribution in [0.5, 0.6) is 5.75 Å². The van der Waals surface area contributed by atoms with Crippen LogP contribution in [0.2, 0.25) is 0 Å². The van der Waals surface area contributed by atoms with Crippen molar-refractivity contribution in [3.8, 4) is 11.4 Å². The van der Waals surface area contributed by atoms with Crippen LogP contribution in [-0.4, -0.2) is 34.8 Å². The summed E-state index contributed by atoms with van der Waals surface area (Å²) in [7, 11) is 1.66. The summed E-state index contributed by atoms with van der Waals surface area (Å²) >= 11 is 0. The van der Waals surface area contributed by atoms with Gasteiger partial charge in [0.05, 0.1) is 24.0 Å². The molecule has 1 spiro atoms. The molecular weight excluding hydrogens is 362 g/mol. The Morgan fingerprint density at radius 2 is 1.86 bits per heavy atom. The van der Waals surface area contributed by atoms with Crippen LogP contribution >= 0.6 is 0 Å². The predicted molar refractivity (Wildman–Crippen MR) is 115 cm³/mol. The van der Waals surface area contributed by atoms with Gasteiger partial charge in [0, 0.05) is 25.0 Å². The maximum Gasteiger partial charge on any atom is 0.133 e. The van der Waals surface area contributed by atoms with Crippen LogP contribution in [0.25, 0.3) is 5.69 Å². The summed E-state index contributed by atoms with van der Waals surface area (Å²) in [6.07, 6.45) is 3.40. The monoisotopic (exact) mass is 389 g/mol. The summed E-state index contributed by atoms with van der Waals surface area (Å²) in [6.45, 7) is 3.66. The molecule has 0 saturated carbocycles. The zero-order valence-corrected chi connectivity index (χ0v) is 16.9. The molecule has 0 aliphatic carbocycles. The Kier molecular flexibility index (Phi) is 4.37. The number of nitrogens with one attached hydrogen (secondary N) is 1. The second-order valence-corrected chi connectivity index (χ2v) is 8.18. The Bertz CT molecular complexity index is 1030. The van der Waals surface area contributed by atoms with E-state index in [0.717, 1.165) is 42.8 Å². The molecule has 1 unspecified atom stereocenters. The van der Waals surface area contributed by atoms with Gasteiger partial charge in [0.25, 0.3) is 0 Å². The zero-order valence-electron chi connectivity index (χ0n) is 16.9. The molecule has 0 radical (unpaired) electrons. The number of ether oxygens (including phenoxy) is 1. The summed E-state index contributed by atoms with van der Waals surface area (Å²) in [4.78, 5) is 2.16. The number of likely N-dealkylation sites (tertiary alicyclic amines) is 1. The van der Waals surface area contributed by atoms with Crippen LogP contribution in [0.4, 0.5) is 5.69 Å². The summed E-state index contributed by atoms with van der Waals surface area (Å²) in [5.74, 6) is 0.788. The maximum absolute atomic E-state index is 11.0. The third-order valence-electron chi connectivity index (χ3n) is 6.38. The van der Waals surface area contributed by atoms with Crippen LogP contribution in [0.1, 0.15) is 35.9 Å². The molecule has 1 fully saturated rings. The fraction of sp³-hybridized carbons (Fsp3) is 0.333. The third kappa shape index (κ3) is 3.02. The highest BCUT2D eigenvalue weighted by Crippen LogP contribution is 2.44. The number of fused-ring (bicyclic) bond motifs is 4. The number of piperidine rings is 1. The molecule has 29 heavy (non-hydrogen) atoms. The lowest BCUT2D eigenvalue weighted by Crippen LogP contribution is -2.50. The molecule has 1 saturated heterocycles. The number of aryl methyl sites for hydroxylation is 1. The summed E-state index contributed by atoms with van der Waals surface area (Å²) in [6, 6.07) is 18.8. The highest BCUT2D eigenvalue weighted by Gasteiger charge is 2.42. The summed E-state index contributed by atoms with van der Waals surface area (Å²) in [5.41, 5.74) is 5.57. The topological polar surface area (TPSA) is 49.7 Å². The molecule has 2 N–H and O–H groups in total. The number of rotatable bonds is 3. The van der Waals surface area contributed by atoms with Crippen molar-refractivity contribution < 1.29 is 9.84 Å². The van der Waals surface area contributed by atoms with Gasteiger partial charge in [0.1, 0.15) is 12.0 Å². The third-order valence-corrected chi connectivity index (χ3v) is 6.38. The van der Waals surface area contributed by atoms with E-state index in [1.54, 1.807) is 7.11 Å². The number of aliphatic hydroxyl groups excluding tert-OH is 1. The largest absolute Gasteiger partial charge is 0.497 e. The van der Waals surface area contributed by atoms with E-state index >= 15 is 0 Å². The Hall–Kier alpha value is -2.76. The first-order chi connectivity index (χ1) is 14.1. The first-order valence-electron chi connectivity index (χ1n) is 10.2. The fourth-order valence-corrected chi connectivity index (χ4v) is 4.88. The molecule has 3 heterocycles. The number of aromatic nitrogens is 1. The normalized spacial score (nSPS) is 18.6. The van der Waals surface area contributed by atoms with Crippen molar-refractivity contribution in [3.05, 3.63) is 77.6 Å². The van der Waals surface area contributed by atoms with Gasteiger partial charge in [-0.1, -0.05) is 18.2 Å². The average Bonchev–Trinajstić information content (AvgIpc) is 3.25. The van der Waals surface area contributed by atoms with E-state index in [-0.39, 0.29) is 5.54 Å². The number of para-hydroxylation sites is 2. The van der Waals surface area contributed by atoms with E-state index in [9.17, 15) is 5.11 Å². The van der Waals surface area contributed by atoms with Gasteiger partial charge in [-0.05, 0) is 67.3 Å². The molecule has 0 bridgehead atoms. The summed E-state index contributed by atoms with van der Waals surface area (Å²) in [5, 5.41) is 14.9. The Labute approximate surface area is 171 Å². The Morgan fingerprint density at radius 1 is 1.07 bits per heavy atom. The lowest BCUT2D eigenvalue weighted by Gasteiger charge is -2.47. The van der Waals surface area contributed by atoms with E-state index in [0.29, 0.717) is 0 Å². The number of anilines is 1. The van der Waals surface area contributed by atoms with Gasteiger partial charge in [-0.25, -0.2) is 0 Å². The van der Waals surface area contributed by atoms with Crippen LogP contribution < -0.4 is 10.1 Å². The second kappa shape index (κ2) is 6.94. The van der Waals surface area contributed by atoms with E-state index in [1.165, 1.54) is 17.1 Å². The highest BCUT2D eigenvalue weighted by molar-refractivity contribution is 5.67. The van der Waals surface area contributed by atoms with Crippen LogP contribution in [-0.2, 0) is 5.54 Å².